The molecule has 19 heavy (non-hydrogen) atoms. The predicted molar refractivity (Wildman–Crippen MR) is 79.2 cm³/mol. The smallest absolute Gasteiger partial charge is 0.118 e. The fourth-order valence-electron chi connectivity index (χ4n) is 1.92. The summed E-state index contributed by atoms with van der Waals surface area (Å²) in [7, 11) is 0. The van der Waals surface area contributed by atoms with Crippen LogP contribution in [0.4, 0.5) is 0 Å². The van der Waals surface area contributed by atoms with E-state index in [0.29, 0.717) is 12.1 Å². The van der Waals surface area contributed by atoms with Gasteiger partial charge < -0.3 is 9.73 Å². The summed E-state index contributed by atoms with van der Waals surface area (Å²) in [6.45, 7) is 5.07. The van der Waals surface area contributed by atoms with Crippen molar-refractivity contribution in [1.29, 1.82) is 0 Å². The van der Waals surface area contributed by atoms with Crippen LogP contribution >= 0.6 is 11.8 Å². The Balaban J connectivity index is 1.84. The molecule has 0 spiro atoms. The van der Waals surface area contributed by atoms with Crippen LogP contribution in [-0.2, 0) is 12.3 Å². The third-order valence-corrected chi connectivity index (χ3v) is 3.84. The molecule has 1 N–H and O–H groups in total. The molecule has 0 aliphatic rings. The lowest BCUT2D eigenvalue weighted by Crippen LogP contribution is -2.33. The van der Waals surface area contributed by atoms with Crippen molar-refractivity contribution in [3.05, 3.63) is 42.1 Å². The van der Waals surface area contributed by atoms with E-state index in [0.717, 1.165) is 23.8 Å². The molecule has 0 aliphatic heterocycles. The first-order chi connectivity index (χ1) is 9.20. The molecule has 0 aliphatic carbocycles. The number of furan rings is 1. The molecule has 0 saturated heterocycles. The molecule has 0 saturated carbocycles. The van der Waals surface area contributed by atoms with Gasteiger partial charge >= 0.3 is 0 Å². The van der Waals surface area contributed by atoms with Crippen molar-refractivity contribution in [2.45, 2.75) is 38.2 Å². The lowest BCUT2D eigenvalue weighted by molar-refractivity contribution is 0.349. The van der Waals surface area contributed by atoms with Gasteiger partial charge in [-0.1, -0.05) is 0 Å². The molecule has 2 aromatic rings. The zero-order chi connectivity index (χ0) is 13.7. The molecule has 0 unspecified atom stereocenters. The van der Waals surface area contributed by atoms with Crippen LogP contribution in [0.15, 0.2) is 35.0 Å². The van der Waals surface area contributed by atoms with Crippen LogP contribution in [0.2, 0.25) is 0 Å². The summed E-state index contributed by atoms with van der Waals surface area (Å²) in [5.74, 6) is 2.96. The van der Waals surface area contributed by atoms with E-state index < -0.39 is 0 Å². The molecule has 0 bridgehead atoms. The maximum atomic E-state index is 5.74. The molecule has 2 heterocycles. The Hall–Kier alpha value is -1.20. The standard InChI is InChI=1S/C14H21N3OS/c1-11(12(2)17-8-4-7-16-17)15-9-13-5-6-14(18-13)10-19-3/h4-8,11-12,15H,9-10H2,1-3H3/t11-,12+/m0/s1. The second kappa shape index (κ2) is 6.82. The van der Waals surface area contributed by atoms with Crippen LogP contribution in [-0.4, -0.2) is 22.1 Å². The molecule has 0 radical (unpaired) electrons. The van der Waals surface area contributed by atoms with Gasteiger partial charge in [-0.3, -0.25) is 4.68 Å². The Kier molecular flexibility index (Phi) is 5.10. The highest BCUT2D eigenvalue weighted by Gasteiger charge is 2.14. The molecule has 0 amide bonds. The first-order valence-corrected chi connectivity index (χ1v) is 7.89. The highest BCUT2D eigenvalue weighted by Crippen LogP contribution is 2.14. The third-order valence-electron chi connectivity index (χ3n) is 3.27. The van der Waals surface area contributed by atoms with E-state index in [-0.39, 0.29) is 0 Å². The minimum Gasteiger partial charge on any atom is -0.464 e. The summed E-state index contributed by atoms with van der Waals surface area (Å²) in [4.78, 5) is 0. The summed E-state index contributed by atoms with van der Waals surface area (Å²) in [5.41, 5.74) is 0. The van der Waals surface area contributed by atoms with Crippen molar-refractivity contribution in [2.75, 3.05) is 6.26 Å². The Morgan fingerprint density at radius 2 is 2.16 bits per heavy atom. The van der Waals surface area contributed by atoms with Gasteiger partial charge in [0, 0.05) is 18.4 Å². The SMILES string of the molecule is CSCc1ccc(CN[C@@H](C)[C@@H](C)n2cccn2)o1. The largest absolute Gasteiger partial charge is 0.464 e. The zero-order valence-electron chi connectivity index (χ0n) is 11.7. The average molecular weight is 279 g/mol. The number of hydrogen-bond donors (Lipinski definition) is 1. The highest BCUT2D eigenvalue weighted by atomic mass is 32.2. The van der Waals surface area contributed by atoms with E-state index in [4.69, 9.17) is 4.42 Å². The molecule has 0 aromatic carbocycles. The average Bonchev–Trinajstić information content (AvgIpc) is 3.06. The van der Waals surface area contributed by atoms with Gasteiger partial charge in [0.25, 0.3) is 0 Å². The Morgan fingerprint density at radius 3 is 2.84 bits per heavy atom. The lowest BCUT2D eigenvalue weighted by atomic mass is 10.2. The van der Waals surface area contributed by atoms with Crippen LogP contribution in [0.5, 0.6) is 0 Å². The Morgan fingerprint density at radius 1 is 1.37 bits per heavy atom. The number of thioether (sulfide) groups is 1. The summed E-state index contributed by atoms with van der Waals surface area (Å²) >= 11 is 1.77. The van der Waals surface area contributed by atoms with Crippen molar-refractivity contribution >= 4 is 11.8 Å². The molecule has 2 aromatic heterocycles. The molecular formula is C14H21N3OS. The highest BCUT2D eigenvalue weighted by molar-refractivity contribution is 7.97. The fourth-order valence-corrected chi connectivity index (χ4v) is 2.36. The topological polar surface area (TPSA) is 43.0 Å². The normalized spacial score (nSPS) is 14.5. The van der Waals surface area contributed by atoms with Gasteiger partial charge in [-0.2, -0.15) is 16.9 Å². The summed E-state index contributed by atoms with van der Waals surface area (Å²) < 4.78 is 7.71. The zero-order valence-corrected chi connectivity index (χ0v) is 12.5. The summed E-state index contributed by atoms with van der Waals surface area (Å²) in [6.07, 6.45) is 5.88. The van der Waals surface area contributed by atoms with Gasteiger partial charge in [0.15, 0.2) is 0 Å². The van der Waals surface area contributed by atoms with Crippen molar-refractivity contribution < 1.29 is 4.42 Å². The number of hydrogen-bond acceptors (Lipinski definition) is 4. The van der Waals surface area contributed by atoms with Gasteiger partial charge in [0.05, 0.1) is 18.3 Å². The monoisotopic (exact) mass is 279 g/mol. The van der Waals surface area contributed by atoms with Crippen LogP contribution in [0.3, 0.4) is 0 Å². The third kappa shape index (κ3) is 3.88. The van der Waals surface area contributed by atoms with Crippen LogP contribution in [0, 0.1) is 0 Å². The van der Waals surface area contributed by atoms with Crippen molar-refractivity contribution in [1.82, 2.24) is 15.1 Å². The molecule has 5 heteroatoms. The first-order valence-electron chi connectivity index (χ1n) is 6.49. The van der Waals surface area contributed by atoms with E-state index >= 15 is 0 Å². The van der Waals surface area contributed by atoms with Gasteiger partial charge in [-0.05, 0) is 38.3 Å². The molecule has 2 atom stereocenters. The van der Waals surface area contributed by atoms with Crippen LogP contribution < -0.4 is 5.32 Å². The van der Waals surface area contributed by atoms with E-state index in [1.165, 1.54) is 0 Å². The lowest BCUT2D eigenvalue weighted by Gasteiger charge is -2.21. The predicted octanol–water partition coefficient (Wildman–Crippen LogP) is 3.08. The maximum absolute atomic E-state index is 5.74. The van der Waals surface area contributed by atoms with E-state index in [1.807, 2.05) is 29.2 Å². The van der Waals surface area contributed by atoms with Crippen molar-refractivity contribution in [2.24, 2.45) is 0 Å². The van der Waals surface area contributed by atoms with E-state index in [9.17, 15) is 0 Å². The summed E-state index contributed by atoms with van der Waals surface area (Å²) in [6, 6.07) is 6.69. The van der Waals surface area contributed by atoms with Gasteiger partial charge in [0.1, 0.15) is 11.5 Å². The fraction of sp³-hybridized carbons (Fsp3) is 0.500. The first kappa shape index (κ1) is 14.2. The molecule has 4 nitrogen and oxygen atoms in total. The Labute approximate surface area is 118 Å². The van der Waals surface area contributed by atoms with Gasteiger partial charge in [0.2, 0.25) is 0 Å². The van der Waals surface area contributed by atoms with Gasteiger partial charge in [-0.15, -0.1) is 0 Å². The van der Waals surface area contributed by atoms with E-state index in [2.05, 4.69) is 36.6 Å². The number of aromatic nitrogens is 2. The number of rotatable bonds is 7. The molecule has 0 fully saturated rings. The van der Waals surface area contributed by atoms with Gasteiger partial charge in [-0.25, -0.2) is 0 Å². The summed E-state index contributed by atoms with van der Waals surface area (Å²) in [5, 5.41) is 7.75. The quantitative estimate of drug-likeness (QED) is 0.846. The second-order valence-corrected chi connectivity index (χ2v) is 5.56. The van der Waals surface area contributed by atoms with Crippen molar-refractivity contribution in [3.8, 4) is 0 Å². The second-order valence-electron chi connectivity index (χ2n) is 4.70. The minimum absolute atomic E-state index is 0.315. The number of nitrogens with one attached hydrogen (secondary N) is 1. The Bertz CT molecular complexity index is 481. The van der Waals surface area contributed by atoms with Crippen LogP contribution in [0.25, 0.3) is 0 Å². The maximum Gasteiger partial charge on any atom is 0.118 e. The van der Waals surface area contributed by atoms with Crippen molar-refractivity contribution in [3.63, 3.8) is 0 Å². The van der Waals surface area contributed by atoms with Crippen LogP contribution in [0.1, 0.15) is 31.4 Å². The molecule has 2 rings (SSSR count). The van der Waals surface area contributed by atoms with E-state index in [1.54, 1.807) is 11.8 Å². The molecule has 104 valence electrons. The minimum atomic E-state index is 0.315. The number of nitrogens with zero attached hydrogens (tertiary/aromatic N) is 2. The molecular weight excluding hydrogens is 258 g/mol.